The SMILES string of the molecule is O=C(CC1Nc2c3ccccc3nc(=S)n2C1=O)NCc1ccco1. The first kappa shape index (κ1) is 15.5. The van der Waals surface area contributed by atoms with Crippen LogP contribution in [0.1, 0.15) is 17.0 Å². The van der Waals surface area contributed by atoms with Gasteiger partial charge in [-0.05, 0) is 36.5 Å². The number of nitrogens with one attached hydrogen (secondary N) is 2. The predicted molar refractivity (Wildman–Crippen MR) is 93.8 cm³/mol. The molecular formula is C17H14N4O3S. The van der Waals surface area contributed by atoms with Crippen molar-refractivity contribution in [2.24, 2.45) is 0 Å². The number of para-hydroxylation sites is 1. The van der Waals surface area contributed by atoms with Crippen LogP contribution in [0.4, 0.5) is 5.82 Å². The zero-order valence-corrected chi connectivity index (χ0v) is 13.9. The molecule has 4 rings (SSSR count). The lowest BCUT2D eigenvalue weighted by molar-refractivity contribution is -0.121. The van der Waals surface area contributed by atoms with Gasteiger partial charge in [-0.15, -0.1) is 0 Å². The van der Waals surface area contributed by atoms with Crippen LogP contribution in [-0.4, -0.2) is 27.4 Å². The Morgan fingerprint density at radius 2 is 2.16 bits per heavy atom. The third kappa shape index (κ3) is 2.80. The molecule has 0 fully saturated rings. The maximum absolute atomic E-state index is 12.6. The highest BCUT2D eigenvalue weighted by Crippen LogP contribution is 2.28. The minimum Gasteiger partial charge on any atom is -0.467 e. The van der Waals surface area contributed by atoms with Crippen LogP contribution in [0.2, 0.25) is 0 Å². The van der Waals surface area contributed by atoms with E-state index < -0.39 is 6.04 Å². The third-order valence-corrected chi connectivity index (χ3v) is 4.32. The summed E-state index contributed by atoms with van der Waals surface area (Å²) in [4.78, 5) is 29.1. The molecule has 0 bridgehead atoms. The largest absolute Gasteiger partial charge is 0.467 e. The number of fused-ring (bicyclic) bond motifs is 3. The quantitative estimate of drug-likeness (QED) is 0.700. The predicted octanol–water partition coefficient (Wildman–Crippen LogP) is 2.50. The van der Waals surface area contributed by atoms with Crippen molar-refractivity contribution in [3.05, 3.63) is 53.2 Å². The lowest BCUT2D eigenvalue weighted by Gasteiger charge is -2.09. The van der Waals surface area contributed by atoms with Crippen LogP contribution < -0.4 is 10.6 Å². The van der Waals surface area contributed by atoms with Crippen LogP contribution in [0.25, 0.3) is 10.9 Å². The highest BCUT2D eigenvalue weighted by Gasteiger charge is 2.33. The van der Waals surface area contributed by atoms with Crippen molar-refractivity contribution in [2.45, 2.75) is 19.0 Å². The van der Waals surface area contributed by atoms with Crippen molar-refractivity contribution >= 4 is 40.8 Å². The number of carbonyl (C=O) groups excluding carboxylic acids is 2. The van der Waals surface area contributed by atoms with E-state index in [1.165, 1.54) is 4.57 Å². The Morgan fingerprint density at radius 3 is 2.96 bits per heavy atom. The van der Waals surface area contributed by atoms with Gasteiger partial charge in [-0.25, -0.2) is 9.55 Å². The van der Waals surface area contributed by atoms with Gasteiger partial charge in [0.15, 0.2) is 0 Å². The van der Waals surface area contributed by atoms with Gasteiger partial charge < -0.3 is 15.1 Å². The highest BCUT2D eigenvalue weighted by molar-refractivity contribution is 7.71. The number of anilines is 1. The average Bonchev–Trinajstić information content (AvgIpc) is 3.22. The Labute approximate surface area is 147 Å². The topological polar surface area (TPSA) is 89.2 Å². The molecule has 0 aliphatic carbocycles. The van der Waals surface area contributed by atoms with Crippen molar-refractivity contribution < 1.29 is 14.0 Å². The summed E-state index contributed by atoms with van der Waals surface area (Å²) < 4.78 is 6.71. The van der Waals surface area contributed by atoms with Gasteiger partial charge in [0.1, 0.15) is 17.6 Å². The molecule has 25 heavy (non-hydrogen) atoms. The first-order valence-electron chi connectivity index (χ1n) is 7.75. The van der Waals surface area contributed by atoms with Crippen LogP contribution in [0.15, 0.2) is 47.1 Å². The van der Waals surface area contributed by atoms with Crippen LogP contribution >= 0.6 is 12.2 Å². The van der Waals surface area contributed by atoms with Gasteiger partial charge >= 0.3 is 0 Å². The summed E-state index contributed by atoms with van der Waals surface area (Å²) in [5, 5.41) is 6.64. The summed E-state index contributed by atoms with van der Waals surface area (Å²) in [5.41, 5.74) is 0.710. The second kappa shape index (κ2) is 6.14. The minimum absolute atomic E-state index is 0.00429. The molecule has 2 N–H and O–H groups in total. The first-order chi connectivity index (χ1) is 12.1. The normalized spacial score (nSPS) is 15.8. The molecule has 1 unspecified atom stereocenters. The van der Waals surface area contributed by atoms with E-state index in [1.807, 2.05) is 24.3 Å². The molecule has 0 spiro atoms. The molecular weight excluding hydrogens is 340 g/mol. The van der Waals surface area contributed by atoms with Crippen LogP contribution in [0.5, 0.6) is 0 Å². The second-order valence-electron chi connectivity index (χ2n) is 5.69. The maximum atomic E-state index is 12.6. The Hall–Kier alpha value is -3.00. The summed E-state index contributed by atoms with van der Waals surface area (Å²) in [5.74, 6) is 0.717. The molecule has 7 nitrogen and oxygen atoms in total. The fourth-order valence-electron chi connectivity index (χ4n) is 2.86. The van der Waals surface area contributed by atoms with Gasteiger partial charge in [0.05, 0.1) is 24.7 Å². The average molecular weight is 354 g/mol. The smallest absolute Gasteiger partial charge is 0.257 e. The van der Waals surface area contributed by atoms with E-state index >= 15 is 0 Å². The van der Waals surface area contributed by atoms with E-state index in [0.717, 1.165) is 5.39 Å². The number of amides is 1. The molecule has 1 amide bonds. The van der Waals surface area contributed by atoms with Crippen molar-refractivity contribution in [1.82, 2.24) is 14.9 Å². The van der Waals surface area contributed by atoms with Crippen LogP contribution in [-0.2, 0) is 11.3 Å². The molecule has 3 aromatic rings. The lowest BCUT2D eigenvalue weighted by atomic mass is 10.2. The molecule has 1 aliphatic rings. The van der Waals surface area contributed by atoms with Crippen LogP contribution in [0.3, 0.4) is 0 Å². The standard InChI is InChI=1S/C17H14N4O3S/c22-14(18-9-10-4-3-7-24-10)8-13-16(23)21-15(19-13)11-5-1-2-6-12(11)20-17(21)25/h1-7,13,19H,8-9H2,(H,18,22). The van der Waals surface area contributed by atoms with Gasteiger partial charge in [0, 0.05) is 5.39 Å². The Bertz CT molecular complexity index is 1030. The van der Waals surface area contributed by atoms with E-state index in [2.05, 4.69) is 15.6 Å². The Kier molecular flexibility index (Phi) is 3.81. The zero-order valence-electron chi connectivity index (χ0n) is 13.1. The number of hydrogen-bond acceptors (Lipinski definition) is 6. The monoisotopic (exact) mass is 354 g/mol. The number of hydrogen-bond donors (Lipinski definition) is 2. The fourth-order valence-corrected chi connectivity index (χ4v) is 3.14. The number of rotatable bonds is 4. The minimum atomic E-state index is -0.675. The third-order valence-electron chi connectivity index (χ3n) is 4.05. The Morgan fingerprint density at radius 1 is 1.32 bits per heavy atom. The van der Waals surface area contributed by atoms with Crippen LogP contribution in [0, 0.1) is 4.77 Å². The fraction of sp³-hybridized carbons (Fsp3) is 0.176. The first-order valence-corrected chi connectivity index (χ1v) is 8.16. The summed E-state index contributed by atoms with van der Waals surface area (Å²) in [6.45, 7) is 0.281. The summed E-state index contributed by atoms with van der Waals surface area (Å²) >= 11 is 5.23. The van der Waals surface area contributed by atoms with Crippen molar-refractivity contribution in [2.75, 3.05) is 5.32 Å². The van der Waals surface area contributed by atoms with Crippen molar-refractivity contribution in [3.8, 4) is 0 Å². The molecule has 8 heteroatoms. The van der Waals surface area contributed by atoms with Gasteiger partial charge in [-0.1, -0.05) is 12.1 Å². The van der Waals surface area contributed by atoms with E-state index in [9.17, 15) is 9.59 Å². The number of furan rings is 1. The lowest BCUT2D eigenvalue weighted by Crippen LogP contribution is -2.33. The number of nitrogens with zero attached hydrogens (tertiary/aromatic N) is 2. The zero-order chi connectivity index (χ0) is 17.4. The summed E-state index contributed by atoms with van der Waals surface area (Å²) in [7, 11) is 0. The molecule has 0 radical (unpaired) electrons. The van der Waals surface area contributed by atoms with Crippen molar-refractivity contribution in [3.63, 3.8) is 0 Å². The summed E-state index contributed by atoms with van der Waals surface area (Å²) in [6.07, 6.45) is 1.55. The second-order valence-corrected chi connectivity index (χ2v) is 6.06. The molecule has 2 aromatic heterocycles. The molecule has 0 saturated carbocycles. The van der Waals surface area contributed by atoms with Gasteiger partial charge in [0.25, 0.3) is 5.91 Å². The Balaban J connectivity index is 1.54. The van der Waals surface area contributed by atoms with Gasteiger partial charge in [0.2, 0.25) is 10.7 Å². The molecule has 1 aliphatic heterocycles. The van der Waals surface area contributed by atoms with E-state index in [0.29, 0.717) is 17.1 Å². The summed E-state index contributed by atoms with van der Waals surface area (Å²) in [6, 6.07) is 10.3. The van der Waals surface area contributed by atoms with Gasteiger partial charge in [-0.2, -0.15) is 0 Å². The maximum Gasteiger partial charge on any atom is 0.257 e. The molecule has 126 valence electrons. The molecule has 1 aromatic carbocycles. The molecule has 1 atom stereocenters. The number of benzene rings is 1. The van der Waals surface area contributed by atoms with Crippen molar-refractivity contribution in [1.29, 1.82) is 0 Å². The number of carbonyl (C=O) groups is 2. The highest BCUT2D eigenvalue weighted by atomic mass is 32.1. The molecule has 3 heterocycles. The van der Waals surface area contributed by atoms with E-state index in [-0.39, 0.29) is 29.6 Å². The van der Waals surface area contributed by atoms with E-state index in [4.69, 9.17) is 16.6 Å². The number of aromatic nitrogens is 2. The van der Waals surface area contributed by atoms with Gasteiger partial charge in [-0.3, -0.25) is 9.59 Å². The van der Waals surface area contributed by atoms with E-state index in [1.54, 1.807) is 18.4 Å². The molecule has 0 saturated heterocycles.